The van der Waals surface area contributed by atoms with Gasteiger partial charge in [-0.25, -0.2) is 13.4 Å². The molecule has 0 aromatic heterocycles. The fraction of sp³-hybridized carbons (Fsp3) is 0.350. The summed E-state index contributed by atoms with van der Waals surface area (Å²) in [7, 11) is -2.55. The number of hydrogen-bond donors (Lipinski definition) is 4. The zero-order valence-corrected chi connectivity index (χ0v) is 31.9. The van der Waals surface area contributed by atoms with E-state index in [4.69, 9.17) is 4.74 Å². The van der Waals surface area contributed by atoms with Crippen LogP contribution in [0.25, 0.3) is 10.8 Å². The van der Waals surface area contributed by atoms with Crippen molar-refractivity contribution in [3.8, 4) is 5.75 Å². The van der Waals surface area contributed by atoms with Crippen LogP contribution in [0.1, 0.15) is 49.1 Å². The molecule has 0 radical (unpaired) electrons. The number of aliphatic hydroxyl groups excluding tert-OH is 1. The van der Waals surface area contributed by atoms with Crippen LogP contribution in [-0.2, 0) is 36.0 Å². The molecule has 15 nitrogen and oxygen atoms in total. The molecule has 0 aliphatic carbocycles. The summed E-state index contributed by atoms with van der Waals surface area (Å²) in [5.41, 5.74) is 3.53. The average Bonchev–Trinajstić information content (AvgIpc) is 3.61. The fourth-order valence-corrected chi connectivity index (χ4v) is 9.27. The van der Waals surface area contributed by atoms with Crippen LogP contribution in [0.2, 0.25) is 0 Å². The molecule has 0 bridgehead atoms. The van der Waals surface area contributed by atoms with E-state index in [1.807, 2.05) is 47.2 Å². The predicted octanol–water partition coefficient (Wildman–Crippen LogP) is 3.28. The van der Waals surface area contributed by atoms with Crippen LogP contribution in [0.15, 0.2) is 72.8 Å². The smallest absolute Gasteiger partial charge is 0.326 e. The van der Waals surface area contributed by atoms with E-state index in [0.29, 0.717) is 28.3 Å². The van der Waals surface area contributed by atoms with Crippen molar-refractivity contribution in [3.63, 3.8) is 0 Å². The number of nitrogens with one attached hydrogen (secondary N) is 3. The third-order valence-corrected chi connectivity index (χ3v) is 12.5. The number of aliphatic hydroxyl groups is 1. The molecule has 4 aliphatic heterocycles. The molecule has 0 saturated carbocycles. The van der Waals surface area contributed by atoms with E-state index in [1.54, 1.807) is 29.0 Å². The maximum Gasteiger partial charge on any atom is 0.326 e. The first kappa shape index (κ1) is 38.1. The third kappa shape index (κ3) is 7.57. The molecule has 4 aliphatic rings. The molecule has 4 amide bonds. The topological polar surface area (TPSA) is 181 Å². The highest BCUT2D eigenvalue weighted by Crippen LogP contribution is 2.44. The van der Waals surface area contributed by atoms with Crippen LogP contribution in [0, 0.1) is 5.82 Å². The highest BCUT2D eigenvalue weighted by Gasteiger charge is 2.42. The number of benzene rings is 4. The molecular formula is C40H42FN7O8S. The predicted molar refractivity (Wildman–Crippen MR) is 210 cm³/mol. The molecule has 3 fully saturated rings. The van der Waals surface area contributed by atoms with Gasteiger partial charge in [0.25, 0.3) is 5.91 Å². The van der Waals surface area contributed by atoms with Crippen LogP contribution >= 0.6 is 0 Å². The van der Waals surface area contributed by atoms with E-state index >= 15 is 4.39 Å². The fourth-order valence-electron chi connectivity index (χ4n) is 8.11. The first-order valence-corrected chi connectivity index (χ1v) is 20.3. The van der Waals surface area contributed by atoms with Gasteiger partial charge in [-0.3, -0.25) is 24.5 Å². The molecule has 8 rings (SSSR count). The van der Waals surface area contributed by atoms with Gasteiger partial charge in [0.15, 0.2) is 5.82 Å². The molecule has 2 atom stereocenters. The van der Waals surface area contributed by atoms with Crippen LogP contribution in [-0.4, -0.2) is 87.7 Å². The number of likely N-dealkylation sites (tertiary alicyclic amines) is 1. The van der Waals surface area contributed by atoms with Crippen molar-refractivity contribution < 1.29 is 41.8 Å². The summed E-state index contributed by atoms with van der Waals surface area (Å²) >= 11 is 0. The van der Waals surface area contributed by atoms with E-state index in [9.17, 15) is 32.7 Å². The number of ether oxygens (including phenoxy) is 1. The lowest BCUT2D eigenvalue weighted by atomic mass is 9.88. The van der Waals surface area contributed by atoms with Gasteiger partial charge in [-0.15, -0.1) is 0 Å². The van der Waals surface area contributed by atoms with Crippen LogP contribution < -0.4 is 34.2 Å². The minimum absolute atomic E-state index is 0.0156. The average molecular weight is 800 g/mol. The van der Waals surface area contributed by atoms with Gasteiger partial charge in [0, 0.05) is 37.5 Å². The second-order valence-corrected chi connectivity index (χ2v) is 16.4. The Hall–Kier alpha value is -5.78. The molecule has 4 heterocycles. The lowest BCUT2D eigenvalue weighted by molar-refractivity contribution is -0.134. The highest BCUT2D eigenvalue weighted by molar-refractivity contribution is 7.92. The third-order valence-electron chi connectivity index (χ3n) is 11.1. The van der Waals surface area contributed by atoms with Gasteiger partial charge in [0.1, 0.15) is 30.6 Å². The summed E-state index contributed by atoms with van der Waals surface area (Å²) < 4.78 is 50.2. The van der Waals surface area contributed by atoms with Gasteiger partial charge in [0.05, 0.1) is 11.4 Å². The van der Waals surface area contributed by atoms with Crippen molar-refractivity contribution >= 4 is 67.4 Å². The number of anilines is 4. The number of nitrogens with zero attached hydrogens (tertiary/aromatic N) is 4. The number of hydrogen-bond acceptors (Lipinski definition) is 11. The standard InChI is InChI=1S/C40H42FN7O8S/c1-45-32-20-26(7-10-30(32)48(40(45)53)31-11-12-34(49)43-39(31)52)25-13-16-46(17-14-25)18-15-35(50)42-28-8-9-29-27(19-28)21-33(56-23-24-5-3-2-4-6-24)38(37(29)41)47-22-36(51)44-57(47,54)55/h2-10,19-21,25,31,40,53H,11-18,22-23H2,1H3,(H,42,50)(H,44,51)(H,43,49,52). The van der Waals surface area contributed by atoms with Crippen molar-refractivity contribution in [2.45, 2.75) is 57.0 Å². The molecule has 57 heavy (non-hydrogen) atoms. The molecule has 2 unspecified atom stereocenters. The molecule has 298 valence electrons. The normalized spacial score (nSPS) is 21.1. The van der Waals surface area contributed by atoms with Gasteiger partial charge in [0.2, 0.25) is 24.1 Å². The minimum Gasteiger partial charge on any atom is -0.487 e. The maximum absolute atomic E-state index is 16.2. The summed E-state index contributed by atoms with van der Waals surface area (Å²) in [5.74, 6) is -2.40. The van der Waals surface area contributed by atoms with E-state index < -0.39 is 46.8 Å². The van der Waals surface area contributed by atoms with Gasteiger partial charge in [-0.05, 0) is 91.2 Å². The minimum atomic E-state index is -4.34. The molecule has 0 spiro atoms. The first-order chi connectivity index (χ1) is 27.4. The highest BCUT2D eigenvalue weighted by atomic mass is 32.2. The zero-order valence-electron chi connectivity index (χ0n) is 31.1. The van der Waals surface area contributed by atoms with E-state index in [-0.39, 0.29) is 54.0 Å². The largest absolute Gasteiger partial charge is 0.487 e. The number of amides is 4. The SMILES string of the molecule is CN1c2cc(C3CCN(CCC(=O)Nc4ccc5c(F)c(N6CC(=O)NS6(=O)=O)c(OCc6ccccc6)cc5c4)CC3)ccc2N(C2CCC(=O)NC2=O)C1O. The Morgan fingerprint density at radius 1 is 0.965 bits per heavy atom. The van der Waals surface area contributed by atoms with Gasteiger partial charge >= 0.3 is 10.2 Å². The maximum atomic E-state index is 16.2. The number of halogens is 1. The van der Waals surface area contributed by atoms with Crippen LogP contribution in [0.4, 0.5) is 27.1 Å². The summed E-state index contributed by atoms with van der Waals surface area (Å²) in [6, 6.07) is 20.6. The zero-order chi connectivity index (χ0) is 40.0. The Morgan fingerprint density at radius 3 is 2.46 bits per heavy atom. The number of piperidine rings is 2. The first-order valence-electron chi connectivity index (χ1n) is 18.8. The Bertz CT molecular complexity index is 2370. The van der Waals surface area contributed by atoms with Gasteiger partial charge < -0.3 is 29.9 Å². The van der Waals surface area contributed by atoms with Crippen molar-refractivity contribution in [1.29, 1.82) is 0 Å². The lowest BCUT2D eigenvalue weighted by Gasteiger charge is -2.34. The van der Waals surface area contributed by atoms with Gasteiger partial charge in [-0.1, -0.05) is 36.4 Å². The molecule has 4 aromatic carbocycles. The lowest BCUT2D eigenvalue weighted by Crippen LogP contribution is -2.56. The number of carbonyl (C=O) groups is 4. The quantitative estimate of drug-likeness (QED) is 0.173. The molecule has 17 heteroatoms. The van der Waals surface area contributed by atoms with Crippen LogP contribution in [0.3, 0.4) is 0 Å². The molecule has 4 N–H and O–H groups in total. The monoisotopic (exact) mass is 799 g/mol. The molecular weight excluding hydrogens is 758 g/mol. The Balaban J connectivity index is 0.898. The van der Waals surface area contributed by atoms with E-state index in [2.05, 4.69) is 21.6 Å². The van der Waals surface area contributed by atoms with E-state index in [1.165, 1.54) is 12.1 Å². The van der Waals surface area contributed by atoms with Crippen LogP contribution in [0.5, 0.6) is 5.75 Å². The second kappa shape index (κ2) is 15.3. The molecule has 4 aromatic rings. The molecule has 3 saturated heterocycles. The van der Waals surface area contributed by atoms with Crippen molar-refractivity contribution in [2.75, 3.05) is 52.6 Å². The Kier molecular flexibility index (Phi) is 10.2. The Morgan fingerprint density at radius 2 is 1.74 bits per heavy atom. The van der Waals surface area contributed by atoms with Gasteiger partial charge in [-0.2, -0.15) is 8.42 Å². The summed E-state index contributed by atoms with van der Waals surface area (Å²) in [5, 5.41) is 16.8. The summed E-state index contributed by atoms with van der Waals surface area (Å²) in [6.07, 6.45) is 1.50. The van der Waals surface area contributed by atoms with Crippen molar-refractivity contribution in [2.24, 2.45) is 0 Å². The van der Waals surface area contributed by atoms with Crippen molar-refractivity contribution in [1.82, 2.24) is 14.9 Å². The van der Waals surface area contributed by atoms with E-state index in [0.717, 1.165) is 48.4 Å². The number of rotatable bonds is 10. The van der Waals surface area contributed by atoms with Crippen molar-refractivity contribution in [3.05, 3.63) is 89.7 Å². The summed E-state index contributed by atoms with van der Waals surface area (Å²) in [6.45, 7) is 1.53. The Labute approximate surface area is 328 Å². The number of imide groups is 1. The second-order valence-electron chi connectivity index (χ2n) is 14.8. The number of carbonyl (C=O) groups excluding carboxylic acids is 4. The number of fused-ring (bicyclic) bond motifs is 2. The summed E-state index contributed by atoms with van der Waals surface area (Å²) in [4.78, 5) is 55.1.